The standard InChI is InChI=1S/C23H24N4O2S2/c1-14-5-4-6-17(11-14)21-20(26-16(3)31-21)23(29)27-9-10-30-19(27)13-25-22(28)18-8-7-15(2)24-12-18/h4-8,11-12,19H,9-10,13H2,1-3H3,(H,25,28). The summed E-state index contributed by atoms with van der Waals surface area (Å²) in [5.74, 6) is 0.570. The zero-order chi connectivity index (χ0) is 22.0. The van der Waals surface area contributed by atoms with Gasteiger partial charge in [0.2, 0.25) is 0 Å². The van der Waals surface area contributed by atoms with Crippen LogP contribution in [0, 0.1) is 20.8 Å². The zero-order valence-electron chi connectivity index (χ0n) is 17.7. The highest BCUT2D eigenvalue weighted by atomic mass is 32.2. The minimum Gasteiger partial charge on any atom is -0.349 e. The van der Waals surface area contributed by atoms with Crippen molar-refractivity contribution in [2.24, 2.45) is 0 Å². The fraction of sp³-hybridized carbons (Fsp3) is 0.304. The van der Waals surface area contributed by atoms with Crippen molar-refractivity contribution in [2.45, 2.75) is 26.1 Å². The molecule has 8 heteroatoms. The summed E-state index contributed by atoms with van der Waals surface area (Å²) in [6.07, 6.45) is 1.57. The van der Waals surface area contributed by atoms with Crippen molar-refractivity contribution in [1.29, 1.82) is 0 Å². The van der Waals surface area contributed by atoms with E-state index in [2.05, 4.69) is 21.4 Å². The van der Waals surface area contributed by atoms with Gasteiger partial charge in [0.1, 0.15) is 5.69 Å². The van der Waals surface area contributed by atoms with Gasteiger partial charge in [-0.1, -0.05) is 29.8 Å². The van der Waals surface area contributed by atoms with E-state index >= 15 is 0 Å². The summed E-state index contributed by atoms with van der Waals surface area (Å²) in [4.78, 5) is 37.4. The van der Waals surface area contributed by atoms with Crippen LogP contribution in [0.3, 0.4) is 0 Å². The Hall–Kier alpha value is -2.71. The molecule has 3 aromatic rings. The molecule has 2 aromatic heterocycles. The average Bonchev–Trinajstić information content (AvgIpc) is 3.38. The number of hydrogen-bond donors (Lipinski definition) is 1. The molecule has 1 atom stereocenters. The van der Waals surface area contributed by atoms with Crippen LogP contribution >= 0.6 is 23.1 Å². The third-order valence-corrected chi connectivity index (χ3v) is 7.32. The number of aromatic nitrogens is 2. The Balaban J connectivity index is 1.50. The predicted octanol–water partition coefficient (Wildman–Crippen LogP) is 4.08. The van der Waals surface area contributed by atoms with E-state index in [0.29, 0.717) is 24.3 Å². The SMILES string of the molecule is Cc1cccc(-c2sc(C)nc2C(=O)N2CCSC2CNC(=O)c2ccc(C)nc2)c1. The van der Waals surface area contributed by atoms with Crippen LogP contribution in [0.2, 0.25) is 0 Å². The van der Waals surface area contributed by atoms with Crippen LogP contribution in [0.1, 0.15) is 37.1 Å². The molecule has 0 saturated carbocycles. The predicted molar refractivity (Wildman–Crippen MR) is 126 cm³/mol. The number of carbonyl (C=O) groups excluding carboxylic acids is 2. The highest BCUT2D eigenvalue weighted by Gasteiger charge is 2.33. The molecule has 31 heavy (non-hydrogen) atoms. The van der Waals surface area contributed by atoms with Crippen molar-refractivity contribution < 1.29 is 9.59 Å². The van der Waals surface area contributed by atoms with Gasteiger partial charge in [-0.15, -0.1) is 23.1 Å². The van der Waals surface area contributed by atoms with Gasteiger partial charge in [-0.3, -0.25) is 14.6 Å². The molecular weight excluding hydrogens is 428 g/mol. The third-order valence-electron chi connectivity index (χ3n) is 5.08. The Bertz CT molecular complexity index is 1110. The van der Waals surface area contributed by atoms with Gasteiger partial charge < -0.3 is 10.2 Å². The lowest BCUT2D eigenvalue weighted by Crippen LogP contribution is -2.42. The van der Waals surface area contributed by atoms with Crippen LogP contribution < -0.4 is 5.32 Å². The first-order valence-corrected chi connectivity index (χ1v) is 12.0. The molecule has 2 amide bonds. The monoisotopic (exact) mass is 452 g/mol. The average molecular weight is 453 g/mol. The second-order valence-electron chi connectivity index (χ2n) is 7.50. The molecule has 0 bridgehead atoms. The molecule has 1 unspecified atom stereocenters. The van der Waals surface area contributed by atoms with Crippen LogP contribution in [-0.2, 0) is 0 Å². The van der Waals surface area contributed by atoms with Crippen molar-refractivity contribution in [3.05, 3.63) is 70.1 Å². The van der Waals surface area contributed by atoms with Gasteiger partial charge in [-0.2, -0.15) is 0 Å². The van der Waals surface area contributed by atoms with Gasteiger partial charge in [0.15, 0.2) is 0 Å². The van der Waals surface area contributed by atoms with Crippen molar-refractivity contribution in [3.63, 3.8) is 0 Å². The number of hydrogen-bond acceptors (Lipinski definition) is 6. The summed E-state index contributed by atoms with van der Waals surface area (Å²) in [5.41, 5.74) is 4.03. The largest absolute Gasteiger partial charge is 0.349 e. The van der Waals surface area contributed by atoms with Crippen LogP contribution in [0.25, 0.3) is 10.4 Å². The van der Waals surface area contributed by atoms with E-state index in [1.165, 1.54) is 11.3 Å². The number of nitrogens with one attached hydrogen (secondary N) is 1. The normalized spacial score (nSPS) is 15.8. The van der Waals surface area contributed by atoms with Crippen LogP contribution in [0.4, 0.5) is 0 Å². The summed E-state index contributed by atoms with van der Waals surface area (Å²) >= 11 is 3.21. The third kappa shape index (κ3) is 4.80. The number of rotatable bonds is 5. The van der Waals surface area contributed by atoms with Crippen LogP contribution in [0.15, 0.2) is 42.6 Å². The van der Waals surface area contributed by atoms with Gasteiger partial charge in [-0.05, 0) is 38.5 Å². The van der Waals surface area contributed by atoms with Crippen molar-refractivity contribution in [1.82, 2.24) is 20.2 Å². The Labute approximate surface area is 190 Å². The first-order valence-electron chi connectivity index (χ1n) is 10.1. The molecule has 1 aliphatic rings. The number of benzene rings is 1. The van der Waals surface area contributed by atoms with E-state index in [4.69, 9.17) is 0 Å². The zero-order valence-corrected chi connectivity index (χ0v) is 19.3. The molecule has 4 rings (SSSR count). The van der Waals surface area contributed by atoms with E-state index in [1.54, 1.807) is 24.0 Å². The van der Waals surface area contributed by atoms with Gasteiger partial charge in [-0.25, -0.2) is 4.98 Å². The lowest BCUT2D eigenvalue weighted by Gasteiger charge is -2.23. The van der Waals surface area contributed by atoms with Gasteiger partial charge in [0.05, 0.1) is 20.8 Å². The Morgan fingerprint density at radius 2 is 2.03 bits per heavy atom. The maximum atomic E-state index is 13.4. The van der Waals surface area contributed by atoms with E-state index in [9.17, 15) is 9.59 Å². The maximum Gasteiger partial charge on any atom is 0.274 e. The van der Waals surface area contributed by atoms with Crippen molar-refractivity contribution in [2.75, 3.05) is 18.8 Å². The second kappa shape index (κ2) is 9.20. The minimum absolute atomic E-state index is 0.0814. The van der Waals surface area contributed by atoms with Crippen molar-refractivity contribution in [3.8, 4) is 10.4 Å². The van der Waals surface area contributed by atoms with Gasteiger partial charge >= 0.3 is 0 Å². The molecule has 3 heterocycles. The number of thioether (sulfide) groups is 1. The molecule has 1 aliphatic heterocycles. The molecule has 160 valence electrons. The fourth-order valence-electron chi connectivity index (χ4n) is 3.50. The molecule has 0 radical (unpaired) electrons. The van der Waals surface area contributed by atoms with E-state index < -0.39 is 0 Å². The lowest BCUT2D eigenvalue weighted by molar-refractivity contribution is 0.0747. The number of pyridine rings is 1. The van der Waals surface area contributed by atoms with Gasteiger partial charge in [0.25, 0.3) is 11.8 Å². The number of amides is 2. The Kier molecular flexibility index (Phi) is 6.38. The summed E-state index contributed by atoms with van der Waals surface area (Å²) in [6.45, 7) is 6.86. The summed E-state index contributed by atoms with van der Waals surface area (Å²) in [6, 6.07) is 11.7. The molecular formula is C23H24N4O2S2. The molecule has 6 nitrogen and oxygen atoms in total. The summed E-state index contributed by atoms with van der Waals surface area (Å²) in [7, 11) is 0. The summed E-state index contributed by atoms with van der Waals surface area (Å²) < 4.78 is 0. The van der Waals surface area contributed by atoms with Crippen LogP contribution in [0.5, 0.6) is 0 Å². The molecule has 0 aliphatic carbocycles. The molecule has 0 spiro atoms. The van der Waals surface area contributed by atoms with E-state index in [1.807, 2.05) is 49.9 Å². The number of nitrogens with zero attached hydrogens (tertiary/aromatic N) is 3. The molecule has 1 aromatic carbocycles. The fourth-order valence-corrected chi connectivity index (χ4v) is 5.56. The highest BCUT2D eigenvalue weighted by Crippen LogP contribution is 2.33. The van der Waals surface area contributed by atoms with Crippen molar-refractivity contribution >= 4 is 34.9 Å². The molecule has 1 fully saturated rings. The number of aryl methyl sites for hydroxylation is 3. The summed E-state index contributed by atoms with van der Waals surface area (Å²) in [5, 5.41) is 3.69. The first-order chi connectivity index (χ1) is 14.9. The quantitative estimate of drug-likeness (QED) is 0.631. The Morgan fingerprint density at radius 1 is 1.19 bits per heavy atom. The number of carbonyl (C=O) groups is 2. The Morgan fingerprint density at radius 3 is 2.77 bits per heavy atom. The van der Waals surface area contributed by atoms with E-state index in [0.717, 1.165) is 32.5 Å². The smallest absolute Gasteiger partial charge is 0.274 e. The maximum absolute atomic E-state index is 13.4. The first kappa shape index (κ1) is 21.5. The topological polar surface area (TPSA) is 75.2 Å². The van der Waals surface area contributed by atoms with Gasteiger partial charge in [0, 0.05) is 30.7 Å². The minimum atomic E-state index is -0.183. The second-order valence-corrected chi connectivity index (χ2v) is 9.99. The lowest BCUT2D eigenvalue weighted by atomic mass is 10.1. The highest BCUT2D eigenvalue weighted by molar-refractivity contribution is 8.00. The van der Waals surface area contributed by atoms with Crippen LogP contribution in [-0.4, -0.2) is 50.9 Å². The number of thiazole rings is 1. The molecule has 1 N–H and O–H groups in total. The van der Waals surface area contributed by atoms with E-state index in [-0.39, 0.29) is 17.2 Å². The molecule has 1 saturated heterocycles.